The summed E-state index contributed by atoms with van der Waals surface area (Å²) in [5, 5.41) is 3.98. The fourth-order valence-corrected chi connectivity index (χ4v) is 4.80. The molecule has 7 heteroatoms. The Bertz CT molecular complexity index is 818. The van der Waals surface area contributed by atoms with Gasteiger partial charge in [-0.05, 0) is 31.9 Å². The van der Waals surface area contributed by atoms with Gasteiger partial charge in [0.2, 0.25) is 10.0 Å². The largest absolute Gasteiger partial charge is 0.361 e. The second-order valence-electron chi connectivity index (χ2n) is 6.66. The van der Waals surface area contributed by atoms with Crippen molar-refractivity contribution in [1.82, 2.24) is 14.4 Å². The molecule has 1 aliphatic heterocycles. The van der Waals surface area contributed by atoms with Crippen LogP contribution >= 0.6 is 0 Å². The Kier molecular flexibility index (Phi) is 5.27. The molecule has 0 amide bonds. The van der Waals surface area contributed by atoms with Crippen molar-refractivity contribution in [1.29, 1.82) is 0 Å². The van der Waals surface area contributed by atoms with E-state index in [0.717, 1.165) is 47.8 Å². The Morgan fingerprint density at radius 2 is 1.76 bits per heavy atom. The van der Waals surface area contributed by atoms with E-state index >= 15 is 0 Å². The lowest BCUT2D eigenvalue weighted by Crippen LogP contribution is -2.48. The maximum Gasteiger partial charge on any atom is 0.218 e. The average Bonchev–Trinajstić information content (AvgIpc) is 2.89. The van der Waals surface area contributed by atoms with Gasteiger partial charge < -0.3 is 4.52 Å². The van der Waals surface area contributed by atoms with E-state index in [2.05, 4.69) is 10.1 Å². The standard InChI is InChI=1S/C18H25N3O3S/c1-14-6-4-5-7-17(14)13-25(22,23)21-10-8-20(9-11-21)12-18-15(2)19-24-16(18)3/h4-7H,8-13H2,1-3H3. The zero-order valence-corrected chi connectivity index (χ0v) is 15.8. The van der Waals surface area contributed by atoms with Gasteiger partial charge in [-0.2, -0.15) is 4.31 Å². The summed E-state index contributed by atoms with van der Waals surface area (Å²) in [6, 6.07) is 7.66. The van der Waals surface area contributed by atoms with Crippen LogP contribution in [0.3, 0.4) is 0 Å². The highest BCUT2D eigenvalue weighted by molar-refractivity contribution is 7.88. The minimum absolute atomic E-state index is 0.0730. The summed E-state index contributed by atoms with van der Waals surface area (Å²) in [6.07, 6.45) is 0. The monoisotopic (exact) mass is 363 g/mol. The third-order valence-corrected chi connectivity index (χ3v) is 6.71. The summed E-state index contributed by atoms with van der Waals surface area (Å²) >= 11 is 0. The first kappa shape index (κ1) is 18.1. The van der Waals surface area contributed by atoms with Crippen molar-refractivity contribution in [3.05, 3.63) is 52.4 Å². The van der Waals surface area contributed by atoms with Crippen molar-refractivity contribution in [2.24, 2.45) is 0 Å². The van der Waals surface area contributed by atoms with Crippen molar-refractivity contribution >= 4 is 10.0 Å². The van der Waals surface area contributed by atoms with Gasteiger partial charge in [-0.3, -0.25) is 4.90 Å². The molecule has 25 heavy (non-hydrogen) atoms. The topological polar surface area (TPSA) is 66.7 Å². The van der Waals surface area contributed by atoms with Gasteiger partial charge in [-0.25, -0.2) is 8.42 Å². The second-order valence-corrected chi connectivity index (χ2v) is 8.63. The molecule has 0 unspecified atom stereocenters. The van der Waals surface area contributed by atoms with E-state index in [4.69, 9.17) is 4.52 Å². The van der Waals surface area contributed by atoms with Gasteiger partial charge in [-0.1, -0.05) is 29.4 Å². The second kappa shape index (κ2) is 7.27. The van der Waals surface area contributed by atoms with Crippen LogP contribution in [0, 0.1) is 20.8 Å². The molecular weight excluding hydrogens is 338 g/mol. The van der Waals surface area contributed by atoms with Gasteiger partial charge in [0.05, 0.1) is 11.4 Å². The minimum atomic E-state index is -3.28. The van der Waals surface area contributed by atoms with Gasteiger partial charge in [0.1, 0.15) is 5.76 Å². The quantitative estimate of drug-likeness (QED) is 0.815. The van der Waals surface area contributed by atoms with Gasteiger partial charge in [-0.15, -0.1) is 0 Å². The van der Waals surface area contributed by atoms with Crippen molar-refractivity contribution in [2.45, 2.75) is 33.1 Å². The summed E-state index contributed by atoms with van der Waals surface area (Å²) in [5.74, 6) is 0.913. The third kappa shape index (κ3) is 4.11. The Labute approximate surface area is 149 Å². The van der Waals surface area contributed by atoms with E-state index < -0.39 is 10.0 Å². The number of benzene rings is 1. The maximum absolute atomic E-state index is 12.7. The van der Waals surface area contributed by atoms with Crippen LogP contribution < -0.4 is 0 Å². The molecule has 1 aliphatic rings. The highest BCUT2D eigenvalue weighted by Gasteiger charge is 2.28. The Morgan fingerprint density at radius 1 is 1.08 bits per heavy atom. The predicted molar refractivity (Wildman–Crippen MR) is 96.6 cm³/mol. The zero-order valence-electron chi connectivity index (χ0n) is 15.0. The molecule has 3 rings (SSSR count). The molecule has 0 bridgehead atoms. The van der Waals surface area contributed by atoms with Crippen molar-refractivity contribution in [3.63, 3.8) is 0 Å². The zero-order chi connectivity index (χ0) is 18.0. The van der Waals surface area contributed by atoms with Crippen LogP contribution in [0.4, 0.5) is 0 Å². The smallest absolute Gasteiger partial charge is 0.218 e. The van der Waals surface area contributed by atoms with Crippen LogP contribution in [0.2, 0.25) is 0 Å². The molecule has 0 saturated carbocycles. The van der Waals surface area contributed by atoms with Gasteiger partial charge in [0.15, 0.2) is 0 Å². The molecule has 1 aromatic heterocycles. The first-order chi connectivity index (χ1) is 11.9. The first-order valence-electron chi connectivity index (χ1n) is 8.53. The van der Waals surface area contributed by atoms with Crippen LogP contribution in [-0.2, 0) is 22.3 Å². The summed E-state index contributed by atoms with van der Waals surface area (Å²) in [5.41, 5.74) is 3.91. The number of hydrogen-bond acceptors (Lipinski definition) is 5. The predicted octanol–water partition coefficient (Wildman–Crippen LogP) is 2.25. The van der Waals surface area contributed by atoms with E-state index in [1.807, 2.05) is 45.0 Å². The maximum atomic E-state index is 12.7. The fourth-order valence-electron chi connectivity index (χ4n) is 3.18. The average molecular weight is 363 g/mol. The number of sulfonamides is 1. The van der Waals surface area contributed by atoms with Crippen molar-refractivity contribution in [2.75, 3.05) is 26.2 Å². The molecule has 136 valence electrons. The number of rotatable bonds is 5. The molecule has 0 aliphatic carbocycles. The van der Waals surface area contributed by atoms with Crippen molar-refractivity contribution in [3.8, 4) is 0 Å². The lowest BCUT2D eigenvalue weighted by atomic mass is 10.1. The van der Waals surface area contributed by atoms with Crippen LogP contribution in [0.25, 0.3) is 0 Å². The lowest BCUT2D eigenvalue weighted by Gasteiger charge is -2.34. The normalized spacial score (nSPS) is 17.1. The summed E-state index contributed by atoms with van der Waals surface area (Å²) in [6.45, 7) is 9.05. The number of hydrogen-bond donors (Lipinski definition) is 0. The first-order valence-corrected chi connectivity index (χ1v) is 10.1. The Balaban J connectivity index is 1.61. The number of nitrogens with zero attached hydrogens (tertiary/aromatic N) is 3. The molecule has 0 atom stereocenters. The fraction of sp³-hybridized carbons (Fsp3) is 0.500. The SMILES string of the molecule is Cc1ccccc1CS(=O)(=O)N1CCN(Cc2c(C)noc2C)CC1. The van der Waals surface area contributed by atoms with E-state index in [1.165, 1.54) is 0 Å². The molecule has 0 N–H and O–H groups in total. The molecule has 2 heterocycles. The molecular formula is C18H25N3O3S. The molecule has 1 aromatic carbocycles. The van der Waals surface area contributed by atoms with Crippen LogP contribution in [-0.4, -0.2) is 49.0 Å². The molecule has 1 fully saturated rings. The van der Waals surface area contributed by atoms with Crippen LogP contribution in [0.1, 0.15) is 28.1 Å². The molecule has 6 nitrogen and oxygen atoms in total. The van der Waals surface area contributed by atoms with Crippen LogP contribution in [0.15, 0.2) is 28.8 Å². The molecule has 2 aromatic rings. The Hall–Kier alpha value is -1.70. The highest BCUT2D eigenvalue weighted by Crippen LogP contribution is 2.19. The summed E-state index contributed by atoms with van der Waals surface area (Å²) < 4.78 is 32.3. The van der Waals surface area contributed by atoms with Gasteiger partial charge in [0, 0.05) is 38.3 Å². The number of piperazine rings is 1. The summed E-state index contributed by atoms with van der Waals surface area (Å²) in [7, 11) is -3.28. The van der Waals surface area contributed by atoms with E-state index in [1.54, 1.807) is 4.31 Å². The number of aryl methyl sites for hydroxylation is 3. The van der Waals surface area contributed by atoms with E-state index in [9.17, 15) is 8.42 Å². The molecule has 1 saturated heterocycles. The van der Waals surface area contributed by atoms with E-state index in [-0.39, 0.29) is 5.75 Å². The highest BCUT2D eigenvalue weighted by atomic mass is 32.2. The van der Waals surface area contributed by atoms with E-state index in [0.29, 0.717) is 13.1 Å². The molecule has 0 spiro atoms. The molecule has 0 radical (unpaired) electrons. The number of aromatic nitrogens is 1. The summed E-state index contributed by atoms with van der Waals surface area (Å²) in [4.78, 5) is 2.26. The van der Waals surface area contributed by atoms with Crippen molar-refractivity contribution < 1.29 is 12.9 Å². The lowest BCUT2D eigenvalue weighted by molar-refractivity contribution is 0.180. The van der Waals surface area contributed by atoms with Crippen LogP contribution in [0.5, 0.6) is 0 Å². The third-order valence-electron chi connectivity index (χ3n) is 4.89. The van der Waals surface area contributed by atoms with Gasteiger partial charge in [0.25, 0.3) is 0 Å². The Morgan fingerprint density at radius 3 is 2.36 bits per heavy atom. The minimum Gasteiger partial charge on any atom is -0.361 e. The van der Waals surface area contributed by atoms with Gasteiger partial charge >= 0.3 is 0 Å².